The second-order valence-electron chi connectivity index (χ2n) is 3.91. The molecule has 1 aromatic heterocycles. The molecule has 0 aromatic carbocycles. The van der Waals surface area contributed by atoms with E-state index in [-0.39, 0.29) is 17.7 Å². The molecule has 2 rings (SSSR count). The monoisotopic (exact) mass is 254 g/mol. The van der Waals surface area contributed by atoms with Crippen LogP contribution in [0.25, 0.3) is 0 Å². The first-order valence-electron chi connectivity index (χ1n) is 5.34. The van der Waals surface area contributed by atoms with Gasteiger partial charge < -0.3 is 5.32 Å². The highest BCUT2D eigenvalue weighted by Gasteiger charge is 2.30. The molecule has 0 radical (unpaired) electrons. The van der Waals surface area contributed by atoms with Gasteiger partial charge in [-0.05, 0) is 25.0 Å². The highest BCUT2D eigenvalue weighted by Crippen LogP contribution is 2.31. The molecule has 0 spiro atoms. The molecule has 1 saturated carbocycles. The number of carbonyl (C=O) groups is 2. The number of hydrogen-bond acceptors (Lipinski definition) is 4. The quantitative estimate of drug-likeness (QED) is 0.832. The Morgan fingerprint density at radius 3 is 2.76 bits per heavy atom. The molecule has 0 atom stereocenters. The fraction of sp³-hybridized carbons (Fsp3) is 0.455. The van der Waals surface area contributed by atoms with E-state index in [1.807, 2.05) is 0 Å². The van der Waals surface area contributed by atoms with Gasteiger partial charge in [-0.2, -0.15) is 0 Å². The summed E-state index contributed by atoms with van der Waals surface area (Å²) in [6.07, 6.45) is 1.94. The van der Waals surface area contributed by atoms with Gasteiger partial charge in [-0.25, -0.2) is 5.06 Å². The second kappa shape index (κ2) is 4.85. The number of nitrogens with one attached hydrogen (secondary N) is 1. The van der Waals surface area contributed by atoms with E-state index in [0.29, 0.717) is 9.88 Å². The summed E-state index contributed by atoms with van der Waals surface area (Å²) in [5, 5.41) is 4.66. The van der Waals surface area contributed by atoms with Crippen LogP contribution in [0.2, 0.25) is 0 Å². The number of carbonyl (C=O) groups excluding carboxylic acids is 2. The number of hydrogen-bond donors (Lipinski definition) is 1. The smallest absolute Gasteiger partial charge is 0.287 e. The van der Waals surface area contributed by atoms with Crippen LogP contribution < -0.4 is 5.32 Å². The lowest BCUT2D eigenvalue weighted by molar-refractivity contribution is -0.117. The second-order valence-corrected chi connectivity index (χ2v) is 5.00. The molecule has 6 heteroatoms. The highest BCUT2D eigenvalue weighted by atomic mass is 32.1. The number of amides is 2. The van der Waals surface area contributed by atoms with Crippen LogP contribution in [0.4, 0.5) is 5.00 Å². The van der Waals surface area contributed by atoms with E-state index in [9.17, 15) is 9.59 Å². The lowest BCUT2D eigenvalue weighted by atomic mass is 10.4. The molecular formula is C11H14N2O3S. The van der Waals surface area contributed by atoms with Crippen molar-refractivity contribution in [2.75, 3.05) is 19.5 Å². The standard InChI is InChI=1S/C11H14N2O3S/c1-13(16-2)11(15)8-5-6-9(17-8)12-10(14)7-3-4-7/h5-7H,3-4H2,1-2H3,(H,12,14). The van der Waals surface area contributed by atoms with E-state index in [1.54, 1.807) is 19.2 Å². The summed E-state index contributed by atoms with van der Waals surface area (Å²) in [5.74, 6) is -0.00623. The van der Waals surface area contributed by atoms with Gasteiger partial charge in [0.2, 0.25) is 5.91 Å². The van der Waals surface area contributed by atoms with Gasteiger partial charge in [0.1, 0.15) is 0 Å². The van der Waals surface area contributed by atoms with Crippen molar-refractivity contribution >= 4 is 28.2 Å². The molecule has 1 aliphatic carbocycles. The molecule has 2 amide bonds. The zero-order valence-electron chi connectivity index (χ0n) is 9.73. The van der Waals surface area contributed by atoms with Crippen LogP contribution in [0.15, 0.2) is 12.1 Å². The van der Waals surface area contributed by atoms with E-state index < -0.39 is 0 Å². The van der Waals surface area contributed by atoms with Gasteiger partial charge in [-0.3, -0.25) is 14.4 Å². The van der Waals surface area contributed by atoms with Crippen molar-refractivity contribution in [2.45, 2.75) is 12.8 Å². The minimum atomic E-state index is -0.218. The third-order valence-electron chi connectivity index (χ3n) is 2.57. The summed E-state index contributed by atoms with van der Waals surface area (Å²) in [4.78, 5) is 28.6. The van der Waals surface area contributed by atoms with Crippen molar-refractivity contribution in [3.8, 4) is 0 Å². The summed E-state index contributed by atoms with van der Waals surface area (Å²) in [5.41, 5.74) is 0. The average Bonchev–Trinajstić information content (AvgIpc) is 3.08. The molecule has 1 N–H and O–H groups in total. The van der Waals surface area contributed by atoms with Crippen molar-refractivity contribution in [3.63, 3.8) is 0 Å². The summed E-state index contributed by atoms with van der Waals surface area (Å²) in [6, 6.07) is 3.42. The number of thiophene rings is 1. The Morgan fingerprint density at radius 2 is 2.18 bits per heavy atom. The molecule has 0 aliphatic heterocycles. The third-order valence-corrected chi connectivity index (χ3v) is 3.56. The van der Waals surface area contributed by atoms with Crippen molar-refractivity contribution in [1.82, 2.24) is 5.06 Å². The zero-order valence-corrected chi connectivity index (χ0v) is 10.5. The van der Waals surface area contributed by atoms with Crippen LogP contribution in [-0.2, 0) is 9.63 Å². The Hall–Kier alpha value is -1.40. The third kappa shape index (κ3) is 2.83. The Bertz CT molecular complexity index is 440. The highest BCUT2D eigenvalue weighted by molar-refractivity contribution is 7.18. The predicted molar refractivity (Wildman–Crippen MR) is 64.8 cm³/mol. The van der Waals surface area contributed by atoms with Gasteiger partial charge in [0.05, 0.1) is 17.0 Å². The van der Waals surface area contributed by atoms with Gasteiger partial charge in [-0.1, -0.05) is 0 Å². The van der Waals surface area contributed by atoms with E-state index in [1.165, 1.54) is 18.4 Å². The van der Waals surface area contributed by atoms with Crippen LogP contribution in [0.5, 0.6) is 0 Å². The predicted octanol–water partition coefficient (Wildman–Crippen LogP) is 1.73. The summed E-state index contributed by atoms with van der Waals surface area (Å²) in [7, 11) is 2.98. The maximum atomic E-state index is 11.7. The summed E-state index contributed by atoms with van der Waals surface area (Å²) >= 11 is 1.26. The van der Waals surface area contributed by atoms with Crippen LogP contribution in [0, 0.1) is 5.92 Å². The average molecular weight is 254 g/mol. The van der Waals surface area contributed by atoms with Crippen molar-refractivity contribution in [2.24, 2.45) is 5.92 Å². The minimum Gasteiger partial charge on any atom is -0.317 e. The van der Waals surface area contributed by atoms with Gasteiger partial charge >= 0.3 is 0 Å². The largest absolute Gasteiger partial charge is 0.317 e. The Labute approximate surface area is 103 Å². The van der Waals surface area contributed by atoms with E-state index in [4.69, 9.17) is 4.84 Å². The fourth-order valence-electron chi connectivity index (χ4n) is 1.33. The van der Waals surface area contributed by atoms with Crippen LogP contribution in [-0.4, -0.2) is 31.0 Å². The molecule has 1 aliphatic rings. The summed E-state index contributed by atoms with van der Waals surface area (Å²) < 4.78 is 0. The zero-order chi connectivity index (χ0) is 12.4. The first kappa shape index (κ1) is 12.1. The number of nitrogens with zero attached hydrogens (tertiary/aromatic N) is 1. The number of rotatable bonds is 4. The molecule has 92 valence electrons. The van der Waals surface area contributed by atoms with Crippen molar-refractivity contribution in [3.05, 3.63) is 17.0 Å². The van der Waals surface area contributed by atoms with Gasteiger partial charge in [0.15, 0.2) is 0 Å². The molecule has 17 heavy (non-hydrogen) atoms. The lowest BCUT2D eigenvalue weighted by Crippen LogP contribution is -2.24. The first-order valence-corrected chi connectivity index (χ1v) is 6.16. The molecule has 1 fully saturated rings. The Balaban J connectivity index is 1.99. The molecule has 0 saturated heterocycles. The van der Waals surface area contributed by atoms with Gasteiger partial charge in [0, 0.05) is 13.0 Å². The fourth-order valence-corrected chi connectivity index (χ4v) is 2.20. The van der Waals surface area contributed by atoms with Gasteiger partial charge in [0.25, 0.3) is 5.91 Å². The minimum absolute atomic E-state index is 0.0472. The topological polar surface area (TPSA) is 58.6 Å². The van der Waals surface area contributed by atoms with Crippen molar-refractivity contribution in [1.29, 1.82) is 0 Å². The molecule has 1 aromatic rings. The number of hydroxylamine groups is 2. The lowest BCUT2D eigenvalue weighted by Gasteiger charge is -2.11. The SMILES string of the molecule is CON(C)C(=O)c1ccc(NC(=O)C2CC2)s1. The maximum Gasteiger partial charge on any atom is 0.287 e. The molecular weight excluding hydrogens is 240 g/mol. The van der Waals surface area contributed by atoms with Crippen LogP contribution in [0.3, 0.4) is 0 Å². The molecule has 0 unspecified atom stereocenters. The normalized spacial score (nSPS) is 14.5. The van der Waals surface area contributed by atoms with E-state index in [2.05, 4.69) is 5.32 Å². The van der Waals surface area contributed by atoms with E-state index in [0.717, 1.165) is 17.9 Å². The van der Waals surface area contributed by atoms with Gasteiger partial charge in [-0.15, -0.1) is 11.3 Å². The van der Waals surface area contributed by atoms with Crippen LogP contribution >= 0.6 is 11.3 Å². The van der Waals surface area contributed by atoms with Crippen molar-refractivity contribution < 1.29 is 14.4 Å². The first-order chi connectivity index (χ1) is 8.11. The van der Waals surface area contributed by atoms with Crippen LogP contribution in [0.1, 0.15) is 22.5 Å². The number of anilines is 1. The molecule has 5 nitrogen and oxygen atoms in total. The van der Waals surface area contributed by atoms with E-state index >= 15 is 0 Å². The Morgan fingerprint density at radius 1 is 1.47 bits per heavy atom. The molecule has 0 bridgehead atoms. The maximum absolute atomic E-state index is 11.7. The summed E-state index contributed by atoms with van der Waals surface area (Å²) in [6.45, 7) is 0. The molecule has 1 heterocycles. The Kier molecular flexibility index (Phi) is 3.44.